The largest absolute Gasteiger partial charge is 0.326 e. The second-order valence-electron chi connectivity index (χ2n) is 4.01. The zero-order chi connectivity index (χ0) is 12.1. The highest BCUT2D eigenvalue weighted by Crippen LogP contribution is 2.06. The van der Waals surface area contributed by atoms with E-state index in [0.717, 1.165) is 12.0 Å². The van der Waals surface area contributed by atoms with Crippen molar-refractivity contribution < 1.29 is 4.79 Å². The second-order valence-corrected chi connectivity index (χ2v) is 4.01. The minimum atomic E-state index is 0.105. The van der Waals surface area contributed by atoms with Gasteiger partial charge in [-0.1, -0.05) is 30.3 Å². The van der Waals surface area contributed by atoms with E-state index in [9.17, 15) is 4.79 Å². The van der Waals surface area contributed by atoms with E-state index in [-0.39, 0.29) is 5.91 Å². The first kappa shape index (κ1) is 11.6. The summed E-state index contributed by atoms with van der Waals surface area (Å²) in [4.78, 5) is 11.9. The molecule has 2 aromatic rings. The number of nitrogens with zero attached hydrogens (tertiary/aromatic N) is 1. The van der Waals surface area contributed by atoms with Gasteiger partial charge in [-0.3, -0.25) is 9.36 Å². The number of rotatable bonds is 4. The van der Waals surface area contributed by atoms with Gasteiger partial charge in [-0.2, -0.15) is 0 Å². The molecule has 3 nitrogen and oxygen atoms in total. The zero-order valence-corrected chi connectivity index (χ0v) is 9.67. The standard InChI is InChI=1S/C14H16N2O/c15-10-13-8-9-16(11-13)14(17)7-6-12-4-2-1-3-5-12/h1-5,8-9,11H,6-7,10,15H2. The Hall–Kier alpha value is -1.87. The lowest BCUT2D eigenvalue weighted by atomic mass is 10.1. The van der Waals surface area contributed by atoms with E-state index in [1.54, 1.807) is 17.0 Å². The summed E-state index contributed by atoms with van der Waals surface area (Å²) in [6.45, 7) is 0.471. The number of aromatic nitrogens is 1. The van der Waals surface area contributed by atoms with Gasteiger partial charge in [0.1, 0.15) is 0 Å². The van der Waals surface area contributed by atoms with E-state index in [4.69, 9.17) is 5.73 Å². The molecule has 0 aliphatic heterocycles. The van der Waals surface area contributed by atoms with Crippen LogP contribution in [0.25, 0.3) is 0 Å². The Bertz CT molecular complexity index is 488. The smallest absolute Gasteiger partial charge is 0.230 e. The normalized spacial score (nSPS) is 10.4. The zero-order valence-electron chi connectivity index (χ0n) is 9.67. The Labute approximate surface area is 101 Å². The van der Waals surface area contributed by atoms with Crippen LogP contribution in [0.2, 0.25) is 0 Å². The van der Waals surface area contributed by atoms with Crippen molar-refractivity contribution in [2.45, 2.75) is 19.4 Å². The summed E-state index contributed by atoms with van der Waals surface area (Å²) in [7, 11) is 0. The van der Waals surface area contributed by atoms with Crippen molar-refractivity contribution in [2.24, 2.45) is 5.73 Å². The third-order valence-electron chi connectivity index (χ3n) is 2.75. The number of aryl methyl sites for hydroxylation is 1. The Kier molecular flexibility index (Phi) is 3.73. The van der Waals surface area contributed by atoms with Crippen LogP contribution in [0, 0.1) is 0 Å². The topological polar surface area (TPSA) is 48.0 Å². The summed E-state index contributed by atoms with van der Waals surface area (Å²) in [5.74, 6) is 0.105. The lowest BCUT2D eigenvalue weighted by Crippen LogP contribution is -2.09. The molecule has 88 valence electrons. The number of carbonyl (C=O) groups is 1. The maximum atomic E-state index is 11.9. The van der Waals surface area contributed by atoms with Crippen molar-refractivity contribution in [1.29, 1.82) is 0 Å². The summed E-state index contributed by atoms with van der Waals surface area (Å²) in [5.41, 5.74) is 7.68. The molecule has 1 aromatic carbocycles. The average Bonchev–Trinajstić information content (AvgIpc) is 2.86. The van der Waals surface area contributed by atoms with Crippen LogP contribution in [0.4, 0.5) is 0 Å². The molecule has 0 aliphatic carbocycles. The van der Waals surface area contributed by atoms with E-state index in [2.05, 4.69) is 0 Å². The van der Waals surface area contributed by atoms with E-state index >= 15 is 0 Å². The van der Waals surface area contributed by atoms with Crippen LogP contribution in [0.15, 0.2) is 48.8 Å². The molecule has 0 fully saturated rings. The van der Waals surface area contributed by atoms with Gasteiger partial charge in [0.15, 0.2) is 0 Å². The number of hydrogen-bond donors (Lipinski definition) is 1. The summed E-state index contributed by atoms with van der Waals surface area (Å²) < 4.78 is 1.62. The molecule has 2 rings (SSSR count). The van der Waals surface area contributed by atoms with Crippen LogP contribution in [-0.2, 0) is 13.0 Å². The Balaban J connectivity index is 1.93. The predicted octanol–water partition coefficient (Wildman–Crippen LogP) is 2.22. The van der Waals surface area contributed by atoms with Crippen molar-refractivity contribution in [1.82, 2.24) is 4.57 Å². The minimum Gasteiger partial charge on any atom is -0.326 e. The third-order valence-corrected chi connectivity index (χ3v) is 2.75. The predicted molar refractivity (Wildman–Crippen MR) is 67.7 cm³/mol. The van der Waals surface area contributed by atoms with Gasteiger partial charge in [0.2, 0.25) is 5.91 Å². The van der Waals surface area contributed by atoms with Gasteiger partial charge in [0.25, 0.3) is 0 Å². The summed E-state index contributed by atoms with van der Waals surface area (Å²) in [6, 6.07) is 11.9. The maximum Gasteiger partial charge on any atom is 0.230 e. The maximum absolute atomic E-state index is 11.9. The van der Waals surface area contributed by atoms with Crippen molar-refractivity contribution in [3.8, 4) is 0 Å². The van der Waals surface area contributed by atoms with Gasteiger partial charge in [0, 0.05) is 25.4 Å². The van der Waals surface area contributed by atoms with Crippen LogP contribution in [0.1, 0.15) is 22.3 Å². The number of hydrogen-bond acceptors (Lipinski definition) is 2. The van der Waals surface area contributed by atoms with Gasteiger partial charge in [-0.15, -0.1) is 0 Å². The molecule has 0 spiro atoms. The lowest BCUT2D eigenvalue weighted by molar-refractivity contribution is 0.0903. The molecule has 3 heteroatoms. The molecule has 0 bridgehead atoms. The van der Waals surface area contributed by atoms with Crippen LogP contribution < -0.4 is 5.73 Å². The number of nitrogens with two attached hydrogens (primary N) is 1. The molecule has 1 aromatic heterocycles. The number of carbonyl (C=O) groups excluding carboxylic acids is 1. The van der Waals surface area contributed by atoms with Gasteiger partial charge < -0.3 is 5.73 Å². The van der Waals surface area contributed by atoms with Gasteiger partial charge in [0.05, 0.1) is 0 Å². The van der Waals surface area contributed by atoms with Crippen molar-refractivity contribution in [2.75, 3.05) is 0 Å². The second kappa shape index (κ2) is 5.46. The average molecular weight is 228 g/mol. The first-order chi connectivity index (χ1) is 8.29. The third kappa shape index (κ3) is 3.04. The fraction of sp³-hybridized carbons (Fsp3) is 0.214. The molecule has 0 aliphatic rings. The Morgan fingerprint density at radius 3 is 2.53 bits per heavy atom. The van der Waals surface area contributed by atoms with Crippen LogP contribution in [-0.4, -0.2) is 10.5 Å². The fourth-order valence-corrected chi connectivity index (χ4v) is 1.74. The molecule has 0 saturated heterocycles. The fourth-order valence-electron chi connectivity index (χ4n) is 1.74. The van der Waals surface area contributed by atoms with E-state index in [0.29, 0.717) is 13.0 Å². The molecule has 0 saturated carbocycles. The minimum absolute atomic E-state index is 0.105. The van der Waals surface area contributed by atoms with Gasteiger partial charge in [-0.25, -0.2) is 0 Å². The molecule has 0 atom stereocenters. The Morgan fingerprint density at radius 1 is 1.12 bits per heavy atom. The molecule has 1 heterocycles. The van der Waals surface area contributed by atoms with Crippen molar-refractivity contribution in [3.05, 3.63) is 59.9 Å². The monoisotopic (exact) mass is 228 g/mol. The van der Waals surface area contributed by atoms with E-state index in [1.807, 2.05) is 36.4 Å². The quantitative estimate of drug-likeness (QED) is 0.872. The van der Waals surface area contributed by atoms with Gasteiger partial charge in [-0.05, 0) is 23.6 Å². The SMILES string of the molecule is NCc1ccn(C(=O)CCc2ccccc2)c1. The molecule has 17 heavy (non-hydrogen) atoms. The highest BCUT2D eigenvalue weighted by molar-refractivity contribution is 5.79. The highest BCUT2D eigenvalue weighted by Gasteiger charge is 2.05. The van der Waals surface area contributed by atoms with Crippen LogP contribution >= 0.6 is 0 Å². The van der Waals surface area contributed by atoms with E-state index < -0.39 is 0 Å². The molecule has 0 unspecified atom stereocenters. The Morgan fingerprint density at radius 2 is 1.88 bits per heavy atom. The highest BCUT2D eigenvalue weighted by atomic mass is 16.1. The van der Waals surface area contributed by atoms with E-state index in [1.165, 1.54) is 5.56 Å². The van der Waals surface area contributed by atoms with Crippen molar-refractivity contribution >= 4 is 5.91 Å². The van der Waals surface area contributed by atoms with Crippen molar-refractivity contribution in [3.63, 3.8) is 0 Å². The van der Waals surface area contributed by atoms with Gasteiger partial charge >= 0.3 is 0 Å². The first-order valence-electron chi connectivity index (χ1n) is 5.73. The molecular weight excluding hydrogens is 212 g/mol. The van der Waals surface area contributed by atoms with Crippen LogP contribution in [0.5, 0.6) is 0 Å². The van der Waals surface area contributed by atoms with Crippen LogP contribution in [0.3, 0.4) is 0 Å². The first-order valence-corrected chi connectivity index (χ1v) is 5.73. The lowest BCUT2D eigenvalue weighted by Gasteiger charge is -2.02. The number of benzene rings is 1. The molecule has 0 radical (unpaired) electrons. The summed E-state index contributed by atoms with van der Waals surface area (Å²) in [6.07, 6.45) is 4.86. The molecule has 2 N–H and O–H groups in total. The summed E-state index contributed by atoms with van der Waals surface area (Å²) >= 11 is 0. The molecule has 0 amide bonds. The molecular formula is C14H16N2O. The summed E-state index contributed by atoms with van der Waals surface area (Å²) in [5, 5.41) is 0.